The molecule has 2 aromatic rings. The Labute approximate surface area is 175 Å². The van der Waals surface area contributed by atoms with Gasteiger partial charge in [0.15, 0.2) is 6.61 Å². The van der Waals surface area contributed by atoms with Crippen molar-refractivity contribution in [2.75, 3.05) is 32.8 Å². The molecule has 0 aromatic heterocycles. The molecule has 1 fully saturated rings. The summed E-state index contributed by atoms with van der Waals surface area (Å²) in [6.07, 6.45) is 0.795. The normalized spacial score (nSPS) is 15.0. The van der Waals surface area contributed by atoms with Crippen LogP contribution in [-0.4, -0.2) is 61.2 Å². The minimum atomic E-state index is -3.78. The van der Waals surface area contributed by atoms with E-state index in [4.69, 9.17) is 4.74 Å². The van der Waals surface area contributed by atoms with Crippen molar-refractivity contribution in [3.05, 3.63) is 64.2 Å². The molecule has 0 unspecified atom stereocenters. The number of amides is 1. The van der Waals surface area contributed by atoms with E-state index in [1.54, 1.807) is 4.90 Å². The van der Waals surface area contributed by atoms with Gasteiger partial charge in [0.2, 0.25) is 10.0 Å². The number of nitro groups is 1. The van der Waals surface area contributed by atoms with Gasteiger partial charge in [0.1, 0.15) is 5.75 Å². The topological polar surface area (TPSA) is 110 Å². The summed E-state index contributed by atoms with van der Waals surface area (Å²) >= 11 is 0. The van der Waals surface area contributed by atoms with Crippen molar-refractivity contribution in [1.82, 2.24) is 9.21 Å². The number of ether oxygens (including phenoxy) is 1. The fourth-order valence-electron chi connectivity index (χ4n) is 3.23. The summed E-state index contributed by atoms with van der Waals surface area (Å²) in [5.74, 6) is 0.473. The van der Waals surface area contributed by atoms with E-state index < -0.39 is 14.9 Å². The van der Waals surface area contributed by atoms with Crippen molar-refractivity contribution < 1.29 is 22.9 Å². The standard InChI is InChI=1S/C20H23N3O6S/c1-2-16-5-3-4-6-19(16)29-15-20(24)21-11-13-22(14-12-21)30(27,28)18-9-7-17(8-10-18)23(25)26/h3-10H,2,11-15H2,1H3. The summed E-state index contributed by atoms with van der Waals surface area (Å²) in [7, 11) is -3.78. The molecule has 1 heterocycles. The Bertz CT molecular complexity index is 1020. The van der Waals surface area contributed by atoms with E-state index in [0.717, 1.165) is 24.1 Å². The molecule has 0 atom stereocenters. The molecule has 9 nitrogen and oxygen atoms in total. The van der Waals surface area contributed by atoms with Crippen LogP contribution in [0.5, 0.6) is 5.75 Å². The van der Waals surface area contributed by atoms with Gasteiger partial charge >= 0.3 is 0 Å². The Balaban J connectivity index is 1.57. The number of hydrogen-bond donors (Lipinski definition) is 0. The Morgan fingerprint density at radius 3 is 2.30 bits per heavy atom. The second-order valence-electron chi connectivity index (χ2n) is 6.79. The highest BCUT2D eigenvalue weighted by atomic mass is 32.2. The number of carbonyl (C=O) groups excluding carboxylic acids is 1. The van der Waals surface area contributed by atoms with Gasteiger partial charge in [-0.3, -0.25) is 14.9 Å². The molecule has 1 amide bonds. The molecule has 160 valence electrons. The van der Waals surface area contributed by atoms with Crippen LogP contribution >= 0.6 is 0 Å². The molecule has 3 rings (SSSR count). The highest BCUT2D eigenvalue weighted by Crippen LogP contribution is 2.21. The Kier molecular flexibility index (Phi) is 6.68. The van der Waals surface area contributed by atoms with Gasteiger partial charge in [0, 0.05) is 38.3 Å². The average Bonchev–Trinajstić information content (AvgIpc) is 2.77. The molecule has 10 heteroatoms. The van der Waals surface area contributed by atoms with Crippen molar-refractivity contribution in [1.29, 1.82) is 0 Å². The number of nitrogens with zero attached hydrogens (tertiary/aromatic N) is 3. The second kappa shape index (κ2) is 9.23. The quantitative estimate of drug-likeness (QED) is 0.488. The maximum absolute atomic E-state index is 12.8. The lowest BCUT2D eigenvalue weighted by Gasteiger charge is -2.34. The highest BCUT2D eigenvalue weighted by Gasteiger charge is 2.30. The van der Waals surface area contributed by atoms with Gasteiger partial charge in [-0.05, 0) is 30.2 Å². The van der Waals surface area contributed by atoms with Crippen molar-refractivity contribution >= 4 is 21.6 Å². The molecular weight excluding hydrogens is 410 g/mol. The van der Waals surface area contributed by atoms with E-state index in [-0.39, 0.29) is 49.3 Å². The molecule has 0 spiro atoms. The van der Waals surface area contributed by atoms with Gasteiger partial charge in [0.25, 0.3) is 11.6 Å². The van der Waals surface area contributed by atoms with E-state index in [1.807, 2.05) is 31.2 Å². The van der Waals surface area contributed by atoms with Gasteiger partial charge in [0.05, 0.1) is 9.82 Å². The van der Waals surface area contributed by atoms with Gasteiger partial charge in [-0.1, -0.05) is 25.1 Å². The summed E-state index contributed by atoms with van der Waals surface area (Å²) in [5.41, 5.74) is 0.846. The lowest BCUT2D eigenvalue weighted by molar-refractivity contribution is -0.384. The van der Waals surface area contributed by atoms with Gasteiger partial charge in [-0.25, -0.2) is 8.42 Å². The van der Waals surface area contributed by atoms with Crippen LogP contribution in [0.2, 0.25) is 0 Å². The van der Waals surface area contributed by atoms with Crippen molar-refractivity contribution in [2.24, 2.45) is 0 Å². The van der Waals surface area contributed by atoms with Gasteiger partial charge in [-0.15, -0.1) is 0 Å². The third-order valence-electron chi connectivity index (χ3n) is 4.98. The zero-order valence-corrected chi connectivity index (χ0v) is 17.4. The molecule has 0 saturated carbocycles. The van der Waals surface area contributed by atoms with E-state index in [1.165, 1.54) is 16.4 Å². The fourth-order valence-corrected chi connectivity index (χ4v) is 4.66. The van der Waals surface area contributed by atoms with Crippen molar-refractivity contribution in [3.63, 3.8) is 0 Å². The monoisotopic (exact) mass is 433 g/mol. The smallest absolute Gasteiger partial charge is 0.269 e. The lowest BCUT2D eigenvalue weighted by Crippen LogP contribution is -2.51. The van der Waals surface area contributed by atoms with Crippen LogP contribution in [-0.2, 0) is 21.2 Å². The van der Waals surface area contributed by atoms with Crippen LogP contribution < -0.4 is 4.74 Å². The Morgan fingerprint density at radius 1 is 1.07 bits per heavy atom. The fraction of sp³-hybridized carbons (Fsp3) is 0.350. The van der Waals surface area contributed by atoms with E-state index >= 15 is 0 Å². The molecule has 0 N–H and O–H groups in total. The number of carbonyl (C=O) groups is 1. The predicted molar refractivity (Wildman–Crippen MR) is 110 cm³/mol. The molecular formula is C20H23N3O6S. The number of para-hydroxylation sites is 1. The summed E-state index contributed by atoms with van der Waals surface area (Å²) in [4.78, 5) is 24.2. The summed E-state index contributed by atoms with van der Waals surface area (Å²) in [6.45, 7) is 2.71. The first kappa shape index (κ1) is 21.7. The van der Waals surface area contributed by atoms with E-state index in [2.05, 4.69) is 0 Å². The molecule has 0 radical (unpaired) electrons. The zero-order valence-electron chi connectivity index (χ0n) is 16.6. The summed E-state index contributed by atoms with van der Waals surface area (Å²) in [6, 6.07) is 12.3. The third kappa shape index (κ3) is 4.77. The number of non-ortho nitro benzene ring substituents is 1. The number of hydrogen-bond acceptors (Lipinski definition) is 6. The third-order valence-corrected chi connectivity index (χ3v) is 6.89. The van der Waals surface area contributed by atoms with Crippen molar-refractivity contribution in [3.8, 4) is 5.75 Å². The Hall–Kier alpha value is -2.98. The first-order valence-electron chi connectivity index (χ1n) is 9.56. The number of piperazine rings is 1. The number of sulfonamides is 1. The maximum Gasteiger partial charge on any atom is 0.269 e. The summed E-state index contributed by atoms with van der Waals surface area (Å²) in [5, 5.41) is 10.7. The summed E-state index contributed by atoms with van der Waals surface area (Å²) < 4.78 is 32.5. The lowest BCUT2D eigenvalue weighted by atomic mass is 10.1. The first-order valence-corrected chi connectivity index (χ1v) is 11.0. The van der Waals surface area contributed by atoms with Gasteiger partial charge < -0.3 is 9.64 Å². The number of benzene rings is 2. The minimum absolute atomic E-state index is 0.00705. The van der Waals surface area contributed by atoms with Crippen LogP contribution in [0.25, 0.3) is 0 Å². The molecule has 1 aliphatic heterocycles. The molecule has 2 aromatic carbocycles. The zero-order chi connectivity index (χ0) is 21.7. The SMILES string of the molecule is CCc1ccccc1OCC(=O)N1CCN(S(=O)(=O)c2ccc([N+](=O)[O-])cc2)CC1. The number of aryl methyl sites for hydroxylation is 1. The molecule has 30 heavy (non-hydrogen) atoms. The maximum atomic E-state index is 12.8. The first-order chi connectivity index (χ1) is 14.3. The largest absolute Gasteiger partial charge is 0.483 e. The van der Waals surface area contributed by atoms with Crippen LogP contribution in [0.15, 0.2) is 53.4 Å². The number of nitro benzene ring substituents is 1. The molecule has 1 saturated heterocycles. The number of rotatable bonds is 7. The molecule has 0 aliphatic carbocycles. The van der Waals surface area contributed by atoms with E-state index in [9.17, 15) is 23.3 Å². The minimum Gasteiger partial charge on any atom is -0.483 e. The predicted octanol–water partition coefficient (Wildman–Crippen LogP) is 2.07. The van der Waals surface area contributed by atoms with Crippen LogP contribution in [0.3, 0.4) is 0 Å². The van der Waals surface area contributed by atoms with Gasteiger partial charge in [-0.2, -0.15) is 4.31 Å². The van der Waals surface area contributed by atoms with E-state index in [0.29, 0.717) is 5.75 Å². The van der Waals surface area contributed by atoms with Crippen LogP contribution in [0, 0.1) is 10.1 Å². The van der Waals surface area contributed by atoms with Crippen LogP contribution in [0.4, 0.5) is 5.69 Å². The van der Waals surface area contributed by atoms with Crippen molar-refractivity contribution in [2.45, 2.75) is 18.2 Å². The molecule has 1 aliphatic rings. The molecule has 0 bridgehead atoms. The highest BCUT2D eigenvalue weighted by molar-refractivity contribution is 7.89. The Morgan fingerprint density at radius 2 is 1.70 bits per heavy atom. The average molecular weight is 433 g/mol. The second-order valence-corrected chi connectivity index (χ2v) is 8.72. The van der Waals surface area contributed by atoms with Crippen LogP contribution in [0.1, 0.15) is 12.5 Å².